The van der Waals surface area contributed by atoms with Gasteiger partial charge in [0.05, 0.1) is 11.6 Å². The molecule has 1 unspecified atom stereocenters. The molecular formula is C20H30N2O4. The van der Waals surface area contributed by atoms with Crippen molar-refractivity contribution in [3.63, 3.8) is 0 Å². The van der Waals surface area contributed by atoms with Gasteiger partial charge in [0.25, 0.3) is 0 Å². The van der Waals surface area contributed by atoms with Gasteiger partial charge >= 0.3 is 5.97 Å². The van der Waals surface area contributed by atoms with Crippen LogP contribution in [0.1, 0.15) is 58.8 Å². The van der Waals surface area contributed by atoms with Gasteiger partial charge in [-0.3, -0.25) is 9.59 Å². The minimum atomic E-state index is -0.319. The number of oxime groups is 1. The van der Waals surface area contributed by atoms with Gasteiger partial charge in [-0.2, -0.15) is 0 Å². The van der Waals surface area contributed by atoms with E-state index in [0.29, 0.717) is 37.7 Å². The predicted octanol–water partition coefficient (Wildman–Crippen LogP) is 2.44. The molecule has 0 bridgehead atoms. The monoisotopic (exact) mass is 362 g/mol. The number of rotatable bonds is 3. The average molecular weight is 362 g/mol. The summed E-state index contributed by atoms with van der Waals surface area (Å²) in [6.45, 7) is 5.20. The molecule has 6 heteroatoms. The number of hydrogen-bond acceptors (Lipinski definition) is 6. The molecule has 0 aromatic rings. The second-order valence-electron chi connectivity index (χ2n) is 9.07. The van der Waals surface area contributed by atoms with Crippen molar-refractivity contribution in [2.24, 2.45) is 39.5 Å². The minimum Gasteiger partial charge on any atom is -0.461 e. The number of hydrogen-bond donors (Lipinski definition) is 1. The van der Waals surface area contributed by atoms with Gasteiger partial charge in [0.2, 0.25) is 0 Å². The molecule has 4 aliphatic rings. The van der Waals surface area contributed by atoms with Crippen LogP contribution in [0.2, 0.25) is 0 Å². The normalized spacial score (nSPS) is 46.3. The highest BCUT2D eigenvalue weighted by atomic mass is 16.6. The number of fused-ring (bicyclic) bond motifs is 5. The number of ketones is 1. The number of nitrogens with zero attached hydrogens (tertiary/aromatic N) is 1. The van der Waals surface area contributed by atoms with Gasteiger partial charge in [0.15, 0.2) is 0 Å². The van der Waals surface area contributed by atoms with Gasteiger partial charge in [-0.05, 0) is 43.9 Å². The summed E-state index contributed by atoms with van der Waals surface area (Å²) < 4.78 is 5.98. The van der Waals surface area contributed by atoms with Crippen molar-refractivity contribution in [2.45, 2.75) is 64.9 Å². The van der Waals surface area contributed by atoms with Gasteiger partial charge in [-0.15, -0.1) is 0 Å². The molecule has 1 heterocycles. The third-order valence-corrected chi connectivity index (χ3v) is 7.87. The van der Waals surface area contributed by atoms with E-state index in [1.54, 1.807) is 0 Å². The third-order valence-electron chi connectivity index (χ3n) is 7.87. The summed E-state index contributed by atoms with van der Waals surface area (Å²) >= 11 is 0. The second-order valence-corrected chi connectivity index (χ2v) is 9.07. The van der Waals surface area contributed by atoms with Crippen molar-refractivity contribution in [3.8, 4) is 0 Å². The molecule has 0 aromatic heterocycles. The van der Waals surface area contributed by atoms with E-state index in [-0.39, 0.29) is 34.7 Å². The Kier molecular flexibility index (Phi) is 4.37. The molecule has 6 nitrogen and oxygen atoms in total. The van der Waals surface area contributed by atoms with Crippen LogP contribution >= 0.6 is 0 Å². The average Bonchev–Trinajstić information content (AvgIpc) is 2.92. The molecule has 0 spiro atoms. The van der Waals surface area contributed by atoms with Crippen LogP contribution in [-0.2, 0) is 19.2 Å². The number of nitrogens with two attached hydrogens (primary N) is 1. The van der Waals surface area contributed by atoms with Crippen LogP contribution < -0.4 is 5.73 Å². The molecule has 1 saturated heterocycles. The number of Topliss-reactive ketones (excluding diaryl/α,β-unsaturated/α-hetero) is 1. The Morgan fingerprint density at radius 1 is 1.19 bits per heavy atom. The van der Waals surface area contributed by atoms with Crippen molar-refractivity contribution in [2.75, 3.05) is 13.2 Å². The fourth-order valence-corrected chi connectivity index (χ4v) is 6.20. The predicted molar refractivity (Wildman–Crippen MR) is 96.3 cm³/mol. The zero-order chi connectivity index (χ0) is 18.5. The van der Waals surface area contributed by atoms with Crippen LogP contribution in [0.15, 0.2) is 5.16 Å². The van der Waals surface area contributed by atoms with Crippen LogP contribution in [0.5, 0.6) is 0 Å². The van der Waals surface area contributed by atoms with E-state index in [1.165, 1.54) is 0 Å². The number of esters is 1. The van der Waals surface area contributed by atoms with Crippen LogP contribution in [0.4, 0.5) is 0 Å². The molecule has 4 fully saturated rings. The first kappa shape index (κ1) is 18.0. The highest BCUT2D eigenvalue weighted by molar-refractivity contribution is 5.89. The first-order chi connectivity index (χ1) is 12.4. The first-order valence-corrected chi connectivity index (χ1v) is 10.0. The Morgan fingerprint density at radius 2 is 2.00 bits per heavy atom. The number of ether oxygens (including phenoxy) is 1. The molecule has 4 rings (SSSR count). The lowest BCUT2D eigenvalue weighted by atomic mass is 9.50. The van der Waals surface area contributed by atoms with Crippen molar-refractivity contribution in [3.05, 3.63) is 0 Å². The van der Waals surface area contributed by atoms with Gasteiger partial charge in [0, 0.05) is 30.2 Å². The summed E-state index contributed by atoms with van der Waals surface area (Å²) in [7, 11) is 0. The molecule has 0 radical (unpaired) electrons. The van der Waals surface area contributed by atoms with E-state index in [1.807, 2.05) is 0 Å². The maximum atomic E-state index is 13.0. The fraction of sp³-hybridized carbons (Fsp3) is 0.850. The van der Waals surface area contributed by atoms with E-state index >= 15 is 0 Å². The van der Waals surface area contributed by atoms with Crippen LogP contribution in [0.3, 0.4) is 0 Å². The van der Waals surface area contributed by atoms with E-state index < -0.39 is 0 Å². The van der Waals surface area contributed by atoms with Crippen molar-refractivity contribution in [1.82, 2.24) is 0 Å². The van der Waals surface area contributed by atoms with Gasteiger partial charge in [-0.1, -0.05) is 19.0 Å². The molecule has 26 heavy (non-hydrogen) atoms. The Morgan fingerprint density at radius 3 is 2.77 bits per heavy atom. The standard InChI is InChI=1S/C20H30N2O4/c1-19-8-6-14-17(13(19)3-4-15(19)23)18(24)26-16-11-12(22-25-10-9-21)5-7-20(14,16)2/h13-14,16-17H,3-11,21H2,1-2H3/t13-,14+,16?,17-,19-,20+/m0/s1. The molecule has 2 N–H and O–H groups in total. The second kappa shape index (κ2) is 6.32. The topological polar surface area (TPSA) is 91.0 Å². The zero-order valence-electron chi connectivity index (χ0n) is 15.8. The summed E-state index contributed by atoms with van der Waals surface area (Å²) in [5.74, 6) is 0.600. The molecular weight excluding hydrogens is 332 g/mol. The summed E-state index contributed by atoms with van der Waals surface area (Å²) in [5.41, 5.74) is 6.05. The van der Waals surface area contributed by atoms with E-state index in [9.17, 15) is 9.59 Å². The van der Waals surface area contributed by atoms with Gasteiger partial charge < -0.3 is 15.3 Å². The minimum absolute atomic E-state index is 0.0293. The number of carbonyl (C=O) groups is 2. The van der Waals surface area contributed by atoms with Crippen LogP contribution in [0, 0.1) is 28.6 Å². The quantitative estimate of drug-likeness (QED) is 0.473. The SMILES string of the molecule is C[C@]12CCC(=NOCCN)CC1OC(=O)[C@@H]1[C@H]2CC[C@]2(C)C(=O)CC[C@@H]12. The van der Waals surface area contributed by atoms with E-state index in [0.717, 1.165) is 37.8 Å². The summed E-state index contributed by atoms with van der Waals surface area (Å²) in [6, 6.07) is 0. The van der Waals surface area contributed by atoms with Crippen LogP contribution in [-0.4, -0.2) is 36.7 Å². The molecule has 0 amide bonds. The van der Waals surface area contributed by atoms with Crippen LogP contribution in [0.25, 0.3) is 0 Å². The van der Waals surface area contributed by atoms with E-state index in [4.69, 9.17) is 15.3 Å². The highest BCUT2D eigenvalue weighted by Gasteiger charge is 2.64. The Labute approximate surface area is 154 Å². The third kappa shape index (κ3) is 2.52. The van der Waals surface area contributed by atoms with Crippen molar-refractivity contribution < 1.29 is 19.2 Å². The Bertz CT molecular complexity index is 648. The summed E-state index contributed by atoms with van der Waals surface area (Å²) in [5, 5.41) is 4.20. The smallest absolute Gasteiger partial charge is 0.309 e. The molecule has 0 aromatic carbocycles. The van der Waals surface area contributed by atoms with Gasteiger partial charge in [-0.25, -0.2) is 0 Å². The number of carbonyl (C=O) groups excluding carboxylic acids is 2. The van der Waals surface area contributed by atoms with Gasteiger partial charge in [0.1, 0.15) is 18.5 Å². The summed E-state index contributed by atoms with van der Waals surface area (Å²) in [4.78, 5) is 30.6. The highest BCUT2D eigenvalue weighted by Crippen LogP contribution is 2.62. The molecule has 3 aliphatic carbocycles. The lowest BCUT2D eigenvalue weighted by Gasteiger charge is -2.57. The Hall–Kier alpha value is -1.43. The maximum absolute atomic E-state index is 13.0. The zero-order valence-corrected chi connectivity index (χ0v) is 15.8. The molecule has 6 atom stereocenters. The fourth-order valence-electron chi connectivity index (χ4n) is 6.20. The lowest BCUT2D eigenvalue weighted by Crippen LogP contribution is -2.60. The summed E-state index contributed by atoms with van der Waals surface area (Å²) in [6.07, 6.45) is 5.66. The maximum Gasteiger partial charge on any atom is 0.309 e. The van der Waals surface area contributed by atoms with Crippen molar-refractivity contribution in [1.29, 1.82) is 0 Å². The lowest BCUT2D eigenvalue weighted by molar-refractivity contribution is -0.202. The van der Waals surface area contributed by atoms with E-state index in [2.05, 4.69) is 19.0 Å². The molecule has 144 valence electrons. The Balaban J connectivity index is 1.57. The first-order valence-electron chi connectivity index (χ1n) is 10.0. The molecule has 1 aliphatic heterocycles. The largest absolute Gasteiger partial charge is 0.461 e. The molecule has 3 saturated carbocycles. The van der Waals surface area contributed by atoms with Crippen molar-refractivity contribution >= 4 is 17.5 Å².